The zero-order chi connectivity index (χ0) is 23.9. The molecule has 2 aliphatic rings. The van der Waals surface area contributed by atoms with Crippen molar-refractivity contribution in [2.45, 2.75) is 65.0 Å². The van der Waals surface area contributed by atoms with Gasteiger partial charge >= 0.3 is 6.09 Å². The van der Waals surface area contributed by atoms with Crippen LogP contribution in [0.5, 0.6) is 0 Å². The molecule has 0 aliphatic carbocycles. The van der Waals surface area contributed by atoms with Crippen molar-refractivity contribution >= 4 is 12.0 Å². The van der Waals surface area contributed by atoms with E-state index in [0.29, 0.717) is 38.4 Å². The molecule has 2 aliphatic heterocycles. The first-order valence-corrected chi connectivity index (χ1v) is 11.7. The Morgan fingerprint density at radius 1 is 1.15 bits per heavy atom. The average Bonchev–Trinajstić information content (AvgIpc) is 3.02. The van der Waals surface area contributed by atoms with Crippen LogP contribution in [0.3, 0.4) is 0 Å². The van der Waals surface area contributed by atoms with Crippen molar-refractivity contribution < 1.29 is 14.3 Å². The van der Waals surface area contributed by atoms with Gasteiger partial charge in [-0.3, -0.25) is 9.69 Å². The maximum Gasteiger partial charge on any atom is 0.410 e. The molecule has 1 aromatic heterocycles. The maximum absolute atomic E-state index is 13.1. The predicted molar refractivity (Wildman–Crippen MR) is 128 cm³/mol. The lowest BCUT2D eigenvalue weighted by Gasteiger charge is -2.38. The molecule has 2 aromatic rings. The molecule has 0 N–H and O–H groups in total. The smallest absolute Gasteiger partial charge is 0.410 e. The van der Waals surface area contributed by atoms with E-state index in [-0.39, 0.29) is 18.0 Å². The number of hydrogen-bond acceptors (Lipinski definition) is 4. The molecule has 7 heteroatoms. The summed E-state index contributed by atoms with van der Waals surface area (Å²) in [6.45, 7) is 15.1. The van der Waals surface area contributed by atoms with Gasteiger partial charge in [-0.2, -0.15) is 5.10 Å². The van der Waals surface area contributed by atoms with Gasteiger partial charge in [0.15, 0.2) is 0 Å². The van der Waals surface area contributed by atoms with E-state index in [1.54, 1.807) is 9.80 Å². The van der Waals surface area contributed by atoms with E-state index in [1.165, 1.54) is 11.6 Å². The van der Waals surface area contributed by atoms with Crippen molar-refractivity contribution in [3.63, 3.8) is 0 Å². The van der Waals surface area contributed by atoms with E-state index in [4.69, 9.17) is 9.84 Å². The largest absolute Gasteiger partial charge is 0.444 e. The van der Waals surface area contributed by atoms with E-state index in [1.807, 2.05) is 25.5 Å². The second-order valence-electron chi connectivity index (χ2n) is 10.1. The van der Waals surface area contributed by atoms with Gasteiger partial charge in [0.2, 0.25) is 5.91 Å². The summed E-state index contributed by atoms with van der Waals surface area (Å²) in [7, 11) is 0. The number of ether oxygens (including phenoxy) is 1. The predicted octanol–water partition coefficient (Wildman–Crippen LogP) is 4.40. The number of hydrogen-bond donors (Lipinski definition) is 0. The molecule has 0 unspecified atom stereocenters. The molecular formula is C26H34N4O3. The zero-order valence-electron chi connectivity index (χ0n) is 20.3. The van der Waals surface area contributed by atoms with E-state index in [9.17, 15) is 9.59 Å². The van der Waals surface area contributed by atoms with Crippen LogP contribution in [0.2, 0.25) is 0 Å². The highest BCUT2D eigenvalue weighted by Crippen LogP contribution is 2.37. The van der Waals surface area contributed by atoms with Gasteiger partial charge in [-0.05, 0) is 50.5 Å². The molecule has 1 aromatic carbocycles. The summed E-state index contributed by atoms with van der Waals surface area (Å²) in [5.74, 6) is 0.334. The lowest BCUT2D eigenvalue weighted by Crippen LogP contribution is -2.47. The molecule has 33 heavy (non-hydrogen) atoms. The lowest BCUT2D eigenvalue weighted by molar-refractivity contribution is -0.126. The topological polar surface area (TPSA) is 67.7 Å². The van der Waals surface area contributed by atoms with Crippen LogP contribution in [0.15, 0.2) is 36.9 Å². The number of nitrogens with zero attached hydrogens (tertiary/aromatic N) is 4. The summed E-state index contributed by atoms with van der Waals surface area (Å²) in [5, 5.41) is 4.98. The van der Waals surface area contributed by atoms with Crippen molar-refractivity contribution in [1.29, 1.82) is 0 Å². The lowest BCUT2D eigenvalue weighted by atomic mass is 9.96. The van der Waals surface area contributed by atoms with Crippen LogP contribution in [0, 0.1) is 0 Å². The van der Waals surface area contributed by atoms with Crippen LogP contribution in [0.4, 0.5) is 4.79 Å². The third kappa shape index (κ3) is 4.54. The Kier molecular flexibility index (Phi) is 6.08. The van der Waals surface area contributed by atoms with Gasteiger partial charge in [0.25, 0.3) is 0 Å². The highest BCUT2D eigenvalue weighted by molar-refractivity contribution is 5.87. The Morgan fingerprint density at radius 3 is 2.45 bits per heavy atom. The van der Waals surface area contributed by atoms with Crippen LogP contribution in [-0.2, 0) is 22.4 Å². The highest BCUT2D eigenvalue weighted by atomic mass is 16.6. The summed E-state index contributed by atoms with van der Waals surface area (Å²) in [5.41, 5.74) is 4.82. The van der Waals surface area contributed by atoms with Crippen LogP contribution >= 0.6 is 0 Å². The molecule has 0 spiro atoms. The molecular weight excluding hydrogens is 416 g/mol. The fourth-order valence-corrected chi connectivity index (χ4v) is 4.68. The minimum Gasteiger partial charge on any atom is -0.444 e. The van der Waals surface area contributed by atoms with Crippen LogP contribution < -0.4 is 0 Å². The standard InChI is InChI=1S/C26H34N4O3/c1-7-23(31)28-14-12-20-24-21(30(27-20)19-10-8-18(9-11-19)17(2)3)13-15-29(22(24)16-28)25(32)33-26(4,5)6/h7-11,17,22H,1,12-16H2,2-6H3/t22-/m0/s1. The first-order chi connectivity index (χ1) is 15.6. The van der Waals surface area contributed by atoms with Gasteiger partial charge in [0.05, 0.1) is 23.1 Å². The summed E-state index contributed by atoms with van der Waals surface area (Å²) < 4.78 is 7.74. The molecule has 0 fully saturated rings. The highest BCUT2D eigenvalue weighted by Gasteiger charge is 2.41. The van der Waals surface area contributed by atoms with Crippen LogP contribution in [0.25, 0.3) is 5.69 Å². The van der Waals surface area contributed by atoms with E-state index < -0.39 is 5.60 Å². The molecule has 2 amide bonds. The summed E-state index contributed by atoms with van der Waals surface area (Å²) in [4.78, 5) is 29.1. The number of carbonyl (C=O) groups excluding carboxylic acids is 2. The minimum atomic E-state index is -0.593. The fourth-order valence-electron chi connectivity index (χ4n) is 4.68. The zero-order valence-corrected chi connectivity index (χ0v) is 20.3. The molecule has 0 saturated carbocycles. The Bertz CT molecular complexity index is 1060. The number of carbonyl (C=O) groups is 2. The minimum absolute atomic E-state index is 0.131. The van der Waals surface area contributed by atoms with Gasteiger partial charge in [-0.1, -0.05) is 32.6 Å². The normalized spacial score (nSPS) is 18.1. The second kappa shape index (κ2) is 8.69. The van der Waals surface area contributed by atoms with E-state index in [0.717, 1.165) is 22.6 Å². The van der Waals surface area contributed by atoms with Gasteiger partial charge in [0.1, 0.15) is 5.60 Å². The van der Waals surface area contributed by atoms with Gasteiger partial charge in [-0.15, -0.1) is 0 Å². The third-order valence-electron chi connectivity index (χ3n) is 6.33. The Hall–Kier alpha value is -3.09. The van der Waals surface area contributed by atoms with Crippen molar-refractivity contribution in [3.05, 3.63) is 59.4 Å². The first-order valence-electron chi connectivity index (χ1n) is 11.7. The van der Waals surface area contributed by atoms with Gasteiger partial charge in [0, 0.05) is 38.0 Å². The molecule has 0 saturated heterocycles. The van der Waals surface area contributed by atoms with Crippen molar-refractivity contribution in [1.82, 2.24) is 19.6 Å². The van der Waals surface area contributed by atoms with Crippen molar-refractivity contribution in [3.8, 4) is 5.69 Å². The number of aromatic nitrogens is 2. The van der Waals surface area contributed by atoms with Crippen LogP contribution in [-0.4, -0.2) is 56.8 Å². The SMILES string of the molecule is C=CC(=O)N1CCc2nn(-c3ccc(C(C)C)cc3)c3c2[C@H](C1)N(C(=O)OC(C)(C)C)CC3. The summed E-state index contributed by atoms with van der Waals surface area (Å²) in [6.07, 6.45) is 2.30. The average molecular weight is 451 g/mol. The second-order valence-corrected chi connectivity index (χ2v) is 10.1. The third-order valence-corrected chi connectivity index (χ3v) is 6.33. The first kappa shape index (κ1) is 23.1. The van der Waals surface area contributed by atoms with Gasteiger partial charge in [-0.25, -0.2) is 9.48 Å². The van der Waals surface area contributed by atoms with E-state index in [2.05, 4.69) is 44.7 Å². The molecule has 7 nitrogen and oxygen atoms in total. The van der Waals surface area contributed by atoms with E-state index >= 15 is 0 Å². The van der Waals surface area contributed by atoms with Crippen molar-refractivity contribution in [2.24, 2.45) is 0 Å². The molecule has 176 valence electrons. The Morgan fingerprint density at radius 2 is 1.85 bits per heavy atom. The van der Waals surface area contributed by atoms with Crippen LogP contribution in [0.1, 0.15) is 69.1 Å². The fraction of sp³-hybridized carbons (Fsp3) is 0.500. The number of benzene rings is 1. The molecule has 0 bridgehead atoms. The molecule has 1 atom stereocenters. The summed E-state index contributed by atoms with van der Waals surface area (Å²) in [6, 6.07) is 8.23. The summed E-state index contributed by atoms with van der Waals surface area (Å²) >= 11 is 0. The quantitative estimate of drug-likeness (QED) is 0.650. The maximum atomic E-state index is 13.1. The Balaban J connectivity index is 1.76. The molecule has 0 radical (unpaired) electrons. The molecule has 4 rings (SSSR count). The molecule has 3 heterocycles. The number of rotatable bonds is 3. The number of amides is 2. The van der Waals surface area contributed by atoms with Gasteiger partial charge < -0.3 is 9.64 Å². The monoisotopic (exact) mass is 450 g/mol. The van der Waals surface area contributed by atoms with Crippen molar-refractivity contribution in [2.75, 3.05) is 19.6 Å². The Labute approximate surface area is 196 Å².